The molecule has 1 saturated heterocycles. The second-order valence-electron chi connectivity index (χ2n) is 12.6. The maximum absolute atomic E-state index is 12.3. The van der Waals surface area contributed by atoms with Crippen LogP contribution in [-0.2, 0) is 26.1 Å². The number of imidazole rings is 1. The van der Waals surface area contributed by atoms with Crippen LogP contribution in [0.25, 0.3) is 11.2 Å². The van der Waals surface area contributed by atoms with Gasteiger partial charge in [0.15, 0.2) is 33.1 Å². The van der Waals surface area contributed by atoms with Crippen LogP contribution >= 0.6 is 0 Å². The van der Waals surface area contributed by atoms with Gasteiger partial charge in [-0.1, -0.05) is 124 Å². The van der Waals surface area contributed by atoms with E-state index in [9.17, 15) is 5.11 Å². The molecule has 10 heteroatoms. The highest BCUT2D eigenvalue weighted by atomic mass is 28.2. The van der Waals surface area contributed by atoms with E-state index in [4.69, 9.17) is 19.6 Å². The molecule has 1 fully saturated rings. The number of fused-ring (bicyclic) bond motifs is 1. The molecular weight excluding hydrogens is 583 g/mol. The van der Waals surface area contributed by atoms with Crippen LogP contribution in [0.3, 0.4) is 0 Å². The van der Waals surface area contributed by atoms with Crippen molar-refractivity contribution in [2.45, 2.75) is 62.1 Å². The number of aliphatic hydroxyl groups excluding tert-OH is 1. The Morgan fingerprint density at radius 3 is 2.13 bits per heavy atom. The Morgan fingerprint density at radius 1 is 0.956 bits per heavy atom. The summed E-state index contributed by atoms with van der Waals surface area (Å²) >= 11 is 0. The lowest BCUT2D eigenvalue weighted by Crippen LogP contribution is -2.61. The van der Waals surface area contributed by atoms with E-state index in [1.54, 1.807) is 17.0 Å². The van der Waals surface area contributed by atoms with Gasteiger partial charge in [0, 0.05) is 0 Å². The minimum Gasteiger partial charge on any atom is -0.407 e. The molecule has 0 aliphatic carbocycles. The SMILES string of the molecule is C=CC1(C(O[SiH2]C(C)(C)C)(c2ccccc2)c2ccccc2)OC(n2cnc3c(N)ncnc32)C(O)C1OCc1ccccc1. The summed E-state index contributed by atoms with van der Waals surface area (Å²) in [5.74, 6) is 0.237. The molecule has 2 aromatic heterocycles. The molecule has 45 heavy (non-hydrogen) atoms. The number of hydrogen-bond acceptors (Lipinski definition) is 8. The van der Waals surface area contributed by atoms with Crippen molar-refractivity contribution >= 4 is 26.7 Å². The van der Waals surface area contributed by atoms with Gasteiger partial charge in [-0.05, 0) is 21.7 Å². The molecule has 1 aliphatic rings. The number of nitrogens with zero attached hydrogens (tertiary/aromatic N) is 4. The number of anilines is 1. The number of nitrogen functional groups attached to an aromatic ring is 1. The minimum absolute atomic E-state index is 0.0802. The van der Waals surface area contributed by atoms with Gasteiger partial charge >= 0.3 is 0 Å². The number of aromatic nitrogens is 4. The van der Waals surface area contributed by atoms with Crippen molar-refractivity contribution in [3.8, 4) is 0 Å². The zero-order valence-electron chi connectivity index (χ0n) is 25.8. The summed E-state index contributed by atoms with van der Waals surface area (Å²) in [6.45, 7) is 11.1. The second kappa shape index (κ2) is 12.3. The highest BCUT2D eigenvalue weighted by molar-refractivity contribution is 6.32. The Morgan fingerprint density at radius 2 is 1.56 bits per heavy atom. The van der Waals surface area contributed by atoms with Crippen molar-refractivity contribution in [2.75, 3.05) is 5.73 Å². The van der Waals surface area contributed by atoms with Gasteiger partial charge in [-0.15, -0.1) is 0 Å². The average Bonchev–Trinajstić information content (AvgIpc) is 3.61. The van der Waals surface area contributed by atoms with Crippen molar-refractivity contribution in [3.63, 3.8) is 0 Å². The van der Waals surface area contributed by atoms with Crippen molar-refractivity contribution < 1.29 is 19.0 Å². The number of hydrogen-bond donors (Lipinski definition) is 2. The molecule has 4 unspecified atom stereocenters. The van der Waals surface area contributed by atoms with Crippen molar-refractivity contribution in [1.82, 2.24) is 19.5 Å². The van der Waals surface area contributed by atoms with E-state index < -0.39 is 39.4 Å². The number of rotatable bonds is 10. The van der Waals surface area contributed by atoms with Gasteiger partial charge in [-0.3, -0.25) is 4.57 Å². The quantitative estimate of drug-likeness (QED) is 0.164. The summed E-state index contributed by atoms with van der Waals surface area (Å²) in [5, 5.41) is 12.2. The van der Waals surface area contributed by atoms with E-state index in [0.717, 1.165) is 16.7 Å². The number of benzene rings is 3. The van der Waals surface area contributed by atoms with E-state index in [1.165, 1.54) is 6.33 Å². The fraction of sp³-hybridized carbons (Fsp3) is 0.286. The molecule has 4 atom stereocenters. The first-order chi connectivity index (χ1) is 21.7. The molecule has 232 valence electrons. The maximum atomic E-state index is 12.3. The smallest absolute Gasteiger partial charge is 0.168 e. The van der Waals surface area contributed by atoms with Crippen molar-refractivity contribution in [2.24, 2.45) is 0 Å². The highest BCUT2D eigenvalue weighted by Gasteiger charge is 2.67. The van der Waals surface area contributed by atoms with Crippen LogP contribution in [0.5, 0.6) is 0 Å². The fourth-order valence-electron chi connectivity index (χ4n) is 6.16. The first kappa shape index (κ1) is 30.8. The van der Waals surface area contributed by atoms with Crippen LogP contribution in [0, 0.1) is 0 Å². The average molecular weight is 622 g/mol. The van der Waals surface area contributed by atoms with Crippen LogP contribution in [-0.4, -0.2) is 52.2 Å². The monoisotopic (exact) mass is 621 g/mol. The standard InChI is InChI=1S/C35H39N5O4Si/c1-5-34(35(44-45-33(2,3)4,25-17-11-7-12-18-25)26-19-13-8-14-20-26)29(42-21-24-15-9-6-10-16-24)28(41)32(43-34)40-23-39-27-30(36)37-22-38-31(27)40/h5-20,22-23,28-29,32,41H,1,21,45H2,2-4H3,(H2,36,37,38). The largest absolute Gasteiger partial charge is 0.407 e. The van der Waals surface area contributed by atoms with Gasteiger partial charge in [0.25, 0.3) is 0 Å². The summed E-state index contributed by atoms with van der Waals surface area (Å²) in [6, 6.07) is 29.9. The third-order valence-electron chi connectivity index (χ3n) is 8.21. The normalized spacial score (nSPS) is 22.4. The molecule has 3 N–H and O–H groups in total. The molecule has 1 aliphatic heterocycles. The van der Waals surface area contributed by atoms with E-state index in [1.807, 2.05) is 91.0 Å². The van der Waals surface area contributed by atoms with Crippen molar-refractivity contribution in [1.29, 1.82) is 0 Å². The summed E-state index contributed by atoms with van der Waals surface area (Å²) < 4.78 is 22.9. The van der Waals surface area contributed by atoms with Crippen LogP contribution in [0.2, 0.25) is 5.04 Å². The predicted molar refractivity (Wildman–Crippen MR) is 177 cm³/mol. The maximum Gasteiger partial charge on any atom is 0.168 e. The third-order valence-corrected chi connectivity index (χ3v) is 9.65. The molecule has 0 spiro atoms. The van der Waals surface area contributed by atoms with Crippen LogP contribution in [0.1, 0.15) is 43.7 Å². The number of aliphatic hydroxyl groups is 1. The second-order valence-corrected chi connectivity index (χ2v) is 15.3. The molecule has 5 aromatic rings. The molecule has 3 heterocycles. The Labute approximate surface area is 265 Å². The first-order valence-electron chi connectivity index (χ1n) is 15.0. The third kappa shape index (κ3) is 5.49. The minimum atomic E-state index is -1.43. The summed E-state index contributed by atoms with van der Waals surface area (Å²) in [5.41, 5.74) is 6.97. The Hall–Kier alpha value is -4.19. The lowest BCUT2D eigenvalue weighted by molar-refractivity contribution is -0.176. The lowest BCUT2D eigenvalue weighted by atomic mass is 9.70. The number of nitrogens with two attached hydrogens (primary N) is 1. The van der Waals surface area contributed by atoms with E-state index in [-0.39, 0.29) is 17.5 Å². The van der Waals surface area contributed by atoms with Gasteiger partial charge < -0.3 is 24.7 Å². The first-order valence-corrected chi connectivity index (χ1v) is 16.3. The van der Waals surface area contributed by atoms with Crippen LogP contribution in [0.4, 0.5) is 5.82 Å². The topological polar surface area (TPSA) is 118 Å². The van der Waals surface area contributed by atoms with E-state index in [2.05, 4.69) is 42.3 Å². The molecule has 3 aromatic carbocycles. The molecule has 0 bridgehead atoms. The van der Waals surface area contributed by atoms with Crippen LogP contribution in [0.15, 0.2) is 116 Å². The molecular formula is C35H39N5O4Si. The van der Waals surface area contributed by atoms with E-state index in [0.29, 0.717) is 11.2 Å². The Balaban J connectivity index is 1.60. The summed E-state index contributed by atoms with van der Waals surface area (Å²) in [6.07, 6.45) is 1.57. The van der Waals surface area contributed by atoms with E-state index >= 15 is 0 Å². The zero-order chi connectivity index (χ0) is 31.7. The molecule has 0 saturated carbocycles. The molecule has 9 nitrogen and oxygen atoms in total. The Bertz CT molecular complexity index is 1710. The molecule has 6 rings (SSSR count). The van der Waals surface area contributed by atoms with Gasteiger partial charge in [0.2, 0.25) is 0 Å². The van der Waals surface area contributed by atoms with Crippen LogP contribution < -0.4 is 5.73 Å². The lowest BCUT2D eigenvalue weighted by Gasteiger charge is -2.50. The Kier molecular flexibility index (Phi) is 8.42. The summed E-state index contributed by atoms with van der Waals surface area (Å²) in [7, 11) is -1.26. The zero-order valence-corrected chi connectivity index (χ0v) is 27.2. The molecule has 0 amide bonds. The van der Waals surface area contributed by atoms with Gasteiger partial charge in [-0.2, -0.15) is 0 Å². The van der Waals surface area contributed by atoms with Crippen molar-refractivity contribution in [3.05, 3.63) is 133 Å². The predicted octanol–water partition coefficient (Wildman–Crippen LogP) is 5.07. The summed E-state index contributed by atoms with van der Waals surface area (Å²) in [4.78, 5) is 13.0. The number of ether oxygens (including phenoxy) is 2. The van der Waals surface area contributed by atoms with Gasteiger partial charge in [0.1, 0.15) is 29.7 Å². The van der Waals surface area contributed by atoms with Gasteiger partial charge in [-0.25, -0.2) is 15.0 Å². The fourth-order valence-corrected chi connectivity index (χ4v) is 7.37. The van der Waals surface area contributed by atoms with Gasteiger partial charge in [0.05, 0.1) is 12.9 Å². The molecule has 0 radical (unpaired) electrons. The highest BCUT2D eigenvalue weighted by Crippen LogP contribution is 2.55.